The molecule has 3 aromatic heterocycles. The highest BCUT2D eigenvalue weighted by atomic mass is 32.1. The molecular weight excluding hydrogens is 318 g/mol. The van der Waals surface area contributed by atoms with Crippen LogP contribution in [0.5, 0.6) is 0 Å². The molecule has 0 aromatic carbocycles. The molecule has 0 atom stereocenters. The molecule has 0 radical (unpaired) electrons. The molecule has 3 heterocycles. The largest absolute Gasteiger partial charge is 0.352 e. The van der Waals surface area contributed by atoms with Crippen molar-refractivity contribution in [3.05, 3.63) is 34.2 Å². The molecule has 126 valence electrons. The summed E-state index contributed by atoms with van der Waals surface area (Å²) >= 11 is 1.87. The van der Waals surface area contributed by atoms with E-state index in [9.17, 15) is 0 Å². The highest BCUT2D eigenvalue weighted by Gasteiger charge is 2.23. The quantitative estimate of drug-likeness (QED) is 0.727. The zero-order valence-electron chi connectivity index (χ0n) is 14.5. The predicted molar refractivity (Wildman–Crippen MR) is 98.7 cm³/mol. The average molecular weight is 341 g/mol. The van der Waals surface area contributed by atoms with E-state index in [1.807, 2.05) is 36.2 Å². The summed E-state index contributed by atoms with van der Waals surface area (Å²) < 4.78 is 1.86. The molecule has 5 nitrogen and oxygen atoms in total. The van der Waals surface area contributed by atoms with Crippen molar-refractivity contribution in [2.75, 3.05) is 11.4 Å². The third-order valence-corrected chi connectivity index (χ3v) is 5.91. The van der Waals surface area contributed by atoms with Crippen molar-refractivity contribution in [1.29, 1.82) is 0 Å². The molecular formula is C18H23N5S. The molecule has 3 aromatic rings. The highest BCUT2D eigenvalue weighted by Crippen LogP contribution is 2.39. The molecule has 0 saturated heterocycles. The first-order chi connectivity index (χ1) is 11.7. The SMILES string of the molecule is CCN(Cc1cnn(C)c1)c1nc(C)nc2sc3c(c12)CCCC3. The van der Waals surface area contributed by atoms with Crippen molar-refractivity contribution >= 4 is 27.4 Å². The van der Waals surface area contributed by atoms with Crippen LogP contribution in [-0.2, 0) is 26.4 Å². The summed E-state index contributed by atoms with van der Waals surface area (Å²) in [7, 11) is 1.96. The van der Waals surface area contributed by atoms with E-state index in [4.69, 9.17) is 9.97 Å². The first-order valence-corrected chi connectivity index (χ1v) is 9.48. The molecule has 0 unspecified atom stereocenters. The van der Waals surface area contributed by atoms with Crippen LogP contribution < -0.4 is 4.90 Å². The van der Waals surface area contributed by atoms with E-state index in [-0.39, 0.29) is 0 Å². The Bertz CT molecular complexity index is 879. The molecule has 24 heavy (non-hydrogen) atoms. The number of hydrogen-bond acceptors (Lipinski definition) is 5. The Morgan fingerprint density at radius 3 is 2.83 bits per heavy atom. The second kappa shape index (κ2) is 6.16. The first kappa shape index (κ1) is 15.6. The Hall–Kier alpha value is -1.95. The summed E-state index contributed by atoms with van der Waals surface area (Å²) in [5.41, 5.74) is 2.72. The minimum atomic E-state index is 0.834. The smallest absolute Gasteiger partial charge is 0.141 e. The lowest BCUT2D eigenvalue weighted by molar-refractivity contribution is 0.699. The van der Waals surface area contributed by atoms with Crippen LogP contribution in [0, 0.1) is 6.92 Å². The average Bonchev–Trinajstić information content (AvgIpc) is 3.14. The maximum absolute atomic E-state index is 4.85. The van der Waals surface area contributed by atoms with Gasteiger partial charge in [-0.05, 0) is 45.1 Å². The predicted octanol–water partition coefficient (Wildman–Crippen LogP) is 3.64. The third kappa shape index (κ3) is 2.69. The molecule has 6 heteroatoms. The monoisotopic (exact) mass is 341 g/mol. The van der Waals surface area contributed by atoms with Gasteiger partial charge in [-0.3, -0.25) is 4.68 Å². The van der Waals surface area contributed by atoms with Crippen LogP contribution in [0.3, 0.4) is 0 Å². The maximum atomic E-state index is 4.85. The number of hydrogen-bond donors (Lipinski definition) is 0. The zero-order chi connectivity index (χ0) is 16.7. The van der Waals surface area contributed by atoms with E-state index in [0.29, 0.717) is 0 Å². The standard InChI is InChI=1S/C18H23N5S/c1-4-23(11-13-9-19-22(3)10-13)17-16-14-7-5-6-8-15(14)24-18(16)21-12(2)20-17/h9-10H,4-8,11H2,1-3H3. The van der Waals surface area contributed by atoms with Crippen LogP contribution in [0.4, 0.5) is 5.82 Å². The number of aryl methyl sites for hydroxylation is 4. The summed E-state index contributed by atoms with van der Waals surface area (Å²) in [5.74, 6) is 1.96. The van der Waals surface area contributed by atoms with E-state index in [1.54, 1.807) is 0 Å². The normalized spacial score (nSPS) is 14.1. The van der Waals surface area contributed by atoms with E-state index < -0.39 is 0 Å². The minimum Gasteiger partial charge on any atom is -0.352 e. The number of aromatic nitrogens is 4. The van der Waals surface area contributed by atoms with Crippen LogP contribution >= 0.6 is 11.3 Å². The maximum Gasteiger partial charge on any atom is 0.141 e. The lowest BCUT2D eigenvalue weighted by Gasteiger charge is -2.23. The van der Waals surface area contributed by atoms with Gasteiger partial charge in [0.1, 0.15) is 16.5 Å². The van der Waals surface area contributed by atoms with E-state index in [1.165, 1.54) is 47.1 Å². The summed E-state index contributed by atoms with van der Waals surface area (Å²) in [4.78, 5) is 14.6. The molecule has 4 rings (SSSR count). The van der Waals surface area contributed by atoms with Crippen molar-refractivity contribution in [3.8, 4) is 0 Å². The number of fused-ring (bicyclic) bond motifs is 3. The van der Waals surface area contributed by atoms with Crippen molar-refractivity contribution in [1.82, 2.24) is 19.7 Å². The summed E-state index contributed by atoms with van der Waals surface area (Å²) in [6.45, 7) is 5.95. The van der Waals surface area contributed by atoms with Gasteiger partial charge < -0.3 is 4.90 Å². The van der Waals surface area contributed by atoms with Crippen LogP contribution in [0.25, 0.3) is 10.2 Å². The van der Waals surface area contributed by atoms with Crippen LogP contribution in [-0.4, -0.2) is 26.3 Å². The zero-order valence-corrected chi connectivity index (χ0v) is 15.4. The highest BCUT2D eigenvalue weighted by molar-refractivity contribution is 7.19. The number of rotatable bonds is 4. The summed E-state index contributed by atoms with van der Waals surface area (Å²) in [5, 5.41) is 5.59. The van der Waals surface area contributed by atoms with E-state index in [2.05, 4.69) is 23.1 Å². The molecule has 1 aliphatic rings. The van der Waals surface area contributed by atoms with Gasteiger partial charge >= 0.3 is 0 Å². The Morgan fingerprint density at radius 1 is 1.25 bits per heavy atom. The van der Waals surface area contributed by atoms with Gasteiger partial charge in [-0.2, -0.15) is 5.10 Å². The molecule has 0 saturated carbocycles. The fourth-order valence-corrected chi connectivity index (χ4v) is 4.88. The second-order valence-corrected chi connectivity index (χ2v) is 7.61. The Kier molecular flexibility index (Phi) is 4.00. The van der Waals surface area contributed by atoms with Crippen molar-refractivity contribution < 1.29 is 0 Å². The van der Waals surface area contributed by atoms with Crippen LogP contribution in [0.2, 0.25) is 0 Å². The third-order valence-electron chi connectivity index (χ3n) is 4.72. The molecule has 0 spiro atoms. The van der Waals surface area contributed by atoms with E-state index in [0.717, 1.165) is 29.6 Å². The molecule has 0 fully saturated rings. The topological polar surface area (TPSA) is 46.8 Å². The fourth-order valence-electron chi connectivity index (χ4n) is 3.58. The van der Waals surface area contributed by atoms with Gasteiger partial charge in [-0.25, -0.2) is 9.97 Å². The van der Waals surface area contributed by atoms with E-state index >= 15 is 0 Å². The fraction of sp³-hybridized carbons (Fsp3) is 0.500. The Morgan fingerprint density at radius 2 is 2.08 bits per heavy atom. The van der Waals surface area contributed by atoms with Crippen LogP contribution in [0.1, 0.15) is 41.6 Å². The second-order valence-electron chi connectivity index (χ2n) is 6.52. The van der Waals surface area contributed by atoms with Gasteiger partial charge in [-0.1, -0.05) is 0 Å². The van der Waals surface area contributed by atoms with Gasteiger partial charge in [-0.15, -0.1) is 11.3 Å². The minimum absolute atomic E-state index is 0.834. The lowest BCUT2D eigenvalue weighted by Crippen LogP contribution is -2.24. The van der Waals surface area contributed by atoms with Gasteiger partial charge in [0.15, 0.2) is 0 Å². The Labute approximate surface area is 146 Å². The van der Waals surface area contributed by atoms with Crippen LogP contribution in [0.15, 0.2) is 12.4 Å². The lowest BCUT2D eigenvalue weighted by atomic mass is 9.97. The molecule has 0 aliphatic heterocycles. The molecule has 0 N–H and O–H groups in total. The summed E-state index contributed by atoms with van der Waals surface area (Å²) in [6.07, 6.45) is 8.96. The Balaban J connectivity index is 1.82. The molecule has 1 aliphatic carbocycles. The van der Waals surface area contributed by atoms with Crippen molar-refractivity contribution in [3.63, 3.8) is 0 Å². The summed E-state index contributed by atoms with van der Waals surface area (Å²) in [6, 6.07) is 0. The molecule has 0 bridgehead atoms. The van der Waals surface area contributed by atoms with Gasteiger partial charge in [0.2, 0.25) is 0 Å². The van der Waals surface area contributed by atoms with Gasteiger partial charge in [0.05, 0.1) is 11.6 Å². The number of nitrogens with zero attached hydrogens (tertiary/aromatic N) is 5. The number of thiophene rings is 1. The molecule has 0 amide bonds. The van der Waals surface area contributed by atoms with Gasteiger partial charge in [0, 0.05) is 36.8 Å². The number of anilines is 1. The van der Waals surface area contributed by atoms with Gasteiger partial charge in [0.25, 0.3) is 0 Å². The first-order valence-electron chi connectivity index (χ1n) is 8.67. The van der Waals surface area contributed by atoms with Crippen molar-refractivity contribution in [2.24, 2.45) is 7.05 Å². The van der Waals surface area contributed by atoms with Crippen molar-refractivity contribution in [2.45, 2.75) is 46.1 Å².